The van der Waals surface area contributed by atoms with Crippen LogP contribution < -0.4 is 20.4 Å². The molecule has 0 bridgehead atoms. The van der Waals surface area contributed by atoms with Gasteiger partial charge in [0.15, 0.2) is 5.82 Å². The molecule has 1 fully saturated rings. The van der Waals surface area contributed by atoms with Crippen molar-refractivity contribution in [3.8, 4) is 0 Å². The molecule has 7 nitrogen and oxygen atoms in total. The number of nitrogens with zero attached hydrogens (tertiary/aromatic N) is 4. The lowest BCUT2D eigenvalue weighted by atomic mass is 10.1. The number of aryl methyl sites for hydroxylation is 1. The van der Waals surface area contributed by atoms with Gasteiger partial charge in [-0.1, -0.05) is 19.1 Å². The highest BCUT2D eigenvalue weighted by molar-refractivity contribution is 6.01. The van der Waals surface area contributed by atoms with Gasteiger partial charge in [-0.05, 0) is 43.4 Å². The lowest BCUT2D eigenvalue weighted by Gasteiger charge is -2.28. The number of carbonyl (C=O) groups excluding carboxylic acids is 1. The summed E-state index contributed by atoms with van der Waals surface area (Å²) in [5, 5.41) is 5.75. The second-order valence-corrected chi connectivity index (χ2v) is 6.98. The van der Waals surface area contributed by atoms with E-state index < -0.39 is 0 Å². The van der Waals surface area contributed by atoms with Gasteiger partial charge in [-0.15, -0.1) is 0 Å². The van der Waals surface area contributed by atoms with Crippen LogP contribution in [0, 0.1) is 0 Å². The van der Waals surface area contributed by atoms with E-state index in [-0.39, 0.29) is 6.03 Å². The fraction of sp³-hybridized carbons (Fsp3) is 0.450. The van der Waals surface area contributed by atoms with Crippen molar-refractivity contribution in [1.29, 1.82) is 0 Å². The van der Waals surface area contributed by atoms with E-state index in [1.54, 1.807) is 6.20 Å². The molecule has 7 heteroatoms. The molecule has 1 aromatic carbocycles. The zero-order chi connectivity index (χ0) is 19.2. The maximum Gasteiger partial charge on any atom is 0.323 e. The fourth-order valence-corrected chi connectivity index (χ4v) is 3.19. The van der Waals surface area contributed by atoms with Crippen molar-refractivity contribution in [1.82, 2.24) is 9.97 Å². The van der Waals surface area contributed by atoms with Gasteiger partial charge >= 0.3 is 6.03 Å². The molecule has 0 aliphatic carbocycles. The van der Waals surface area contributed by atoms with Gasteiger partial charge < -0.3 is 20.4 Å². The highest BCUT2D eigenvalue weighted by Gasteiger charge is 2.17. The Labute approximate surface area is 160 Å². The summed E-state index contributed by atoms with van der Waals surface area (Å²) in [4.78, 5) is 25.7. The van der Waals surface area contributed by atoms with Crippen LogP contribution in [0.25, 0.3) is 0 Å². The summed E-state index contributed by atoms with van der Waals surface area (Å²) in [7, 11) is 3.83. The molecule has 1 saturated heterocycles. The Kier molecular flexibility index (Phi) is 6.11. The molecule has 1 aromatic heterocycles. The Morgan fingerprint density at radius 1 is 1.19 bits per heavy atom. The van der Waals surface area contributed by atoms with Crippen molar-refractivity contribution in [2.24, 2.45) is 0 Å². The van der Waals surface area contributed by atoms with E-state index in [0.29, 0.717) is 11.5 Å². The summed E-state index contributed by atoms with van der Waals surface area (Å²) >= 11 is 0. The Balaban J connectivity index is 1.73. The number of rotatable bonds is 5. The first-order valence-electron chi connectivity index (χ1n) is 9.53. The Bertz CT molecular complexity index is 786. The molecule has 2 heterocycles. The Morgan fingerprint density at radius 3 is 2.67 bits per heavy atom. The summed E-state index contributed by atoms with van der Waals surface area (Å²) in [5.41, 5.74) is 2.53. The lowest BCUT2D eigenvalue weighted by molar-refractivity contribution is 0.262. The minimum atomic E-state index is -0.305. The second kappa shape index (κ2) is 8.70. The van der Waals surface area contributed by atoms with Crippen LogP contribution in [0.4, 0.5) is 27.9 Å². The van der Waals surface area contributed by atoms with Gasteiger partial charge in [-0.25, -0.2) is 9.78 Å². The first-order valence-corrected chi connectivity index (χ1v) is 9.53. The fourth-order valence-electron chi connectivity index (χ4n) is 3.19. The molecule has 1 aliphatic heterocycles. The van der Waals surface area contributed by atoms with Crippen molar-refractivity contribution in [3.63, 3.8) is 0 Å². The van der Waals surface area contributed by atoms with E-state index in [9.17, 15) is 4.79 Å². The van der Waals surface area contributed by atoms with Crippen molar-refractivity contribution in [3.05, 3.63) is 36.0 Å². The molecule has 27 heavy (non-hydrogen) atoms. The lowest BCUT2D eigenvalue weighted by Crippen LogP contribution is -2.31. The zero-order valence-electron chi connectivity index (χ0n) is 16.3. The van der Waals surface area contributed by atoms with E-state index in [1.807, 2.05) is 43.3 Å². The summed E-state index contributed by atoms with van der Waals surface area (Å²) in [6.45, 7) is 4.05. The first-order chi connectivity index (χ1) is 13.1. The third-order valence-corrected chi connectivity index (χ3v) is 4.66. The molecule has 2 aromatic rings. The zero-order valence-corrected chi connectivity index (χ0v) is 16.3. The van der Waals surface area contributed by atoms with Gasteiger partial charge in [-0.2, -0.15) is 4.98 Å². The minimum Gasteiger partial charge on any atom is -0.361 e. The third-order valence-electron chi connectivity index (χ3n) is 4.66. The molecule has 3 rings (SSSR count). The van der Waals surface area contributed by atoms with Gasteiger partial charge in [0, 0.05) is 32.9 Å². The van der Waals surface area contributed by atoms with Crippen LogP contribution in [-0.4, -0.2) is 43.2 Å². The number of anilines is 4. The monoisotopic (exact) mass is 368 g/mol. The predicted octanol–water partition coefficient (Wildman–Crippen LogP) is 3.74. The van der Waals surface area contributed by atoms with Crippen molar-refractivity contribution in [2.45, 2.75) is 32.6 Å². The Morgan fingerprint density at radius 2 is 1.96 bits per heavy atom. The number of urea groups is 1. The normalized spacial score (nSPS) is 14.0. The number of piperidine rings is 1. The number of benzene rings is 1. The van der Waals surface area contributed by atoms with Gasteiger partial charge in [0.2, 0.25) is 5.95 Å². The largest absolute Gasteiger partial charge is 0.361 e. The summed E-state index contributed by atoms with van der Waals surface area (Å²) < 4.78 is 0. The van der Waals surface area contributed by atoms with Crippen molar-refractivity contribution in [2.75, 3.05) is 47.6 Å². The van der Waals surface area contributed by atoms with Gasteiger partial charge in [0.1, 0.15) is 5.69 Å². The number of hydrogen-bond acceptors (Lipinski definition) is 5. The summed E-state index contributed by atoms with van der Waals surface area (Å²) in [6, 6.07) is 7.53. The van der Waals surface area contributed by atoms with E-state index in [1.165, 1.54) is 24.8 Å². The molecule has 2 amide bonds. The van der Waals surface area contributed by atoms with Crippen molar-refractivity contribution < 1.29 is 4.79 Å². The second-order valence-electron chi connectivity index (χ2n) is 6.98. The summed E-state index contributed by atoms with van der Waals surface area (Å²) in [5.74, 6) is 1.42. The molecule has 0 spiro atoms. The quantitative estimate of drug-likeness (QED) is 0.841. The standard InChI is InChI=1S/C20H28N6O/c1-4-15-9-8-10-16(13-15)22-20(27)23-17-14-21-19(24-18(17)25(2)3)26-11-6-5-7-12-26/h8-10,13-14H,4-7,11-12H2,1-3H3,(H2,22,23,27). The number of amides is 2. The van der Waals surface area contributed by atoms with E-state index in [0.717, 1.165) is 31.1 Å². The average Bonchev–Trinajstić information content (AvgIpc) is 2.69. The van der Waals surface area contributed by atoms with Gasteiger partial charge in [0.25, 0.3) is 0 Å². The van der Waals surface area contributed by atoms with Gasteiger partial charge in [-0.3, -0.25) is 0 Å². The van der Waals surface area contributed by atoms with E-state index in [2.05, 4.69) is 32.4 Å². The molecule has 0 saturated carbocycles. The van der Waals surface area contributed by atoms with Crippen LogP contribution in [0.5, 0.6) is 0 Å². The topological polar surface area (TPSA) is 73.4 Å². The van der Waals surface area contributed by atoms with Crippen molar-refractivity contribution >= 4 is 29.2 Å². The molecule has 0 unspecified atom stereocenters. The molecule has 0 atom stereocenters. The van der Waals surface area contributed by atoms with E-state index >= 15 is 0 Å². The molecule has 2 N–H and O–H groups in total. The number of carbonyl (C=O) groups is 1. The summed E-state index contributed by atoms with van der Waals surface area (Å²) in [6.07, 6.45) is 6.21. The SMILES string of the molecule is CCc1cccc(NC(=O)Nc2cnc(N3CCCCC3)nc2N(C)C)c1. The van der Waals surface area contributed by atoms with Crippen LogP contribution >= 0.6 is 0 Å². The first kappa shape index (κ1) is 18.9. The molecular formula is C20H28N6O. The van der Waals surface area contributed by atoms with Crippen LogP contribution in [-0.2, 0) is 6.42 Å². The molecule has 1 aliphatic rings. The van der Waals surface area contributed by atoms with Crippen LogP contribution in [0.3, 0.4) is 0 Å². The maximum atomic E-state index is 12.4. The van der Waals surface area contributed by atoms with Gasteiger partial charge in [0.05, 0.1) is 6.20 Å². The van der Waals surface area contributed by atoms with Crippen LogP contribution in [0.15, 0.2) is 30.5 Å². The highest BCUT2D eigenvalue weighted by Crippen LogP contribution is 2.25. The minimum absolute atomic E-state index is 0.305. The third kappa shape index (κ3) is 4.87. The highest BCUT2D eigenvalue weighted by atomic mass is 16.2. The van der Waals surface area contributed by atoms with Crippen LogP contribution in [0.2, 0.25) is 0 Å². The molecule has 0 radical (unpaired) electrons. The molecule has 144 valence electrons. The number of nitrogens with one attached hydrogen (secondary N) is 2. The van der Waals surface area contributed by atoms with E-state index in [4.69, 9.17) is 0 Å². The van der Waals surface area contributed by atoms with Crippen LogP contribution in [0.1, 0.15) is 31.7 Å². The Hall–Kier alpha value is -2.83. The number of hydrogen-bond donors (Lipinski definition) is 2. The number of aromatic nitrogens is 2. The average molecular weight is 368 g/mol. The predicted molar refractivity (Wildman–Crippen MR) is 111 cm³/mol. The molecular weight excluding hydrogens is 340 g/mol. The maximum absolute atomic E-state index is 12.4. The smallest absolute Gasteiger partial charge is 0.323 e.